The van der Waals surface area contributed by atoms with Gasteiger partial charge in [-0.2, -0.15) is 0 Å². The van der Waals surface area contributed by atoms with E-state index in [4.69, 9.17) is 32.7 Å². The molecule has 0 aliphatic heterocycles. The molecule has 0 aromatic heterocycles. The molecule has 9 heteroatoms. The molecule has 0 spiro atoms. The number of nitrogens with one attached hydrogen (secondary N) is 2. The lowest BCUT2D eigenvalue weighted by Gasteiger charge is -2.19. The Bertz CT molecular complexity index is 1260. The zero-order chi connectivity index (χ0) is 25.7. The molecule has 0 bridgehead atoms. The second-order valence-electron chi connectivity index (χ2n) is 7.91. The minimum absolute atomic E-state index is 0.0214. The van der Waals surface area contributed by atoms with E-state index in [9.17, 15) is 14.7 Å². The van der Waals surface area contributed by atoms with Gasteiger partial charge in [-0.3, -0.25) is 9.59 Å². The summed E-state index contributed by atoms with van der Waals surface area (Å²) in [6.07, 6.45) is -0.258. The summed E-state index contributed by atoms with van der Waals surface area (Å²) in [5, 5.41) is 15.7. The van der Waals surface area contributed by atoms with Crippen LogP contribution >= 0.6 is 23.2 Å². The number of amides is 2. The summed E-state index contributed by atoms with van der Waals surface area (Å²) < 4.78 is 11.0. The number of halogens is 2. The number of aromatic hydroxyl groups is 1. The van der Waals surface area contributed by atoms with Crippen LogP contribution in [0.5, 0.6) is 17.2 Å². The number of methoxy groups -OCH3 is 1. The van der Waals surface area contributed by atoms with Crippen molar-refractivity contribution in [3.63, 3.8) is 0 Å². The quantitative estimate of drug-likeness (QED) is 0.302. The van der Waals surface area contributed by atoms with Crippen molar-refractivity contribution in [2.45, 2.75) is 33.3 Å². The van der Waals surface area contributed by atoms with Crippen molar-refractivity contribution in [3.05, 3.63) is 75.3 Å². The summed E-state index contributed by atoms with van der Waals surface area (Å²) in [6, 6.07) is 13.5. The average molecular weight is 517 g/mol. The third kappa shape index (κ3) is 6.18. The Kier molecular flexibility index (Phi) is 8.48. The van der Waals surface area contributed by atoms with Crippen molar-refractivity contribution in [1.29, 1.82) is 0 Å². The van der Waals surface area contributed by atoms with Gasteiger partial charge in [0.15, 0.2) is 17.6 Å². The van der Waals surface area contributed by atoms with Gasteiger partial charge in [0.2, 0.25) is 0 Å². The van der Waals surface area contributed by atoms with E-state index in [-0.39, 0.29) is 38.7 Å². The Morgan fingerprint density at radius 2 is 1.80 bits per heavy atom. The third-order valence-corrected chi connectivity index (χ3v) is 5.89. The molecule has 0 heterocycles. The van der Waals surface area contributed by atoms with Crippen molar-refractivity contribution in [1.82, 2.24) is 0 Å². The van der Waals surface area contributed by atoms with Crippen molar-refractivity contribution in [2.24, 2.45) is 0 Å². The lowest BCUT2D eigenvalue weighted by molar-refractivity contribution is -0.122. The molecule has 184 valence electrons. The van der Waals surface area contributed by atoms with Crippen molar-refractivity contribution in [2.75, 3.05) is 17.7 Å². The van der Waals surface area contributed by atoms with Crippen LogP contribution in [-0.4, -0.2) is 30.1 Å². The molecule has 1 unspecified atom stereocenters. The van der Waals surface area contributed by atoms with Crippen LogP contribution in [0.25, 0.3) is 0 Å². The fraction of sp³-hybridized carbons (Fsp3) is 0.231. The van der Waals surface area contributed by atoms with Gasteiger partial charge in [0.1, 0.15) is 10.8 Å². The molecule has 2 amide bonds. The summed E-state index contributed by atoms with van der Waals surface area (Å²) in [4.78, 5) is 25.7. The number of carbonyl (C=O) groups is 2. The van der Waals surface area contributed by atoms with Crippen LogP contribution < -0.4 is 20.1 Å². The summed E-state index contributed by atoms with van der Waals surface area (Å²) in [5.41, 5.74) is 2.73. The minimum Gasteiger partial charge on any atom is -0.504 e. The number of aryl methyl sites for hydroxylation is 2. The number of ether oxygens (including phenoxy) is 2. The Labute approximate surface area is 214 Å². The van der Waals surface area contributed by atoms with Crippen LogP contribution in [-0.2, 0) is 4.79 Å². The van der Waals surface area contributed by atoms with Gasteiger partial charge in [-0.05, 0) is 56.2 Å². The molecule has 0 aliphatic carbocycles. The fourth-order valence-corrected chi connectivity index (χ4v) is 4.05. The van der Waals surface area contributed by atoms with Crippen LogP contribution in [0.1, 0.15) is 34.8 Å². The number of anilines is 2. The topological polar surface area (TPSA) is 96.9 Å². The number of phenolic OH excluding ortho intramolecular Hbond substituents is 1. The van der Waals surface area contributed by atoms with E-state index in [1.165, 1.54) is 19.2 Å². The molecule has 1 atom stereocenters. The normalized spacial score (nSPS) is 11.5. The van der Waals surface area contributed by atoms with Gasteiger partial charge in [0.05, 0.1) is 17.8 Å². The lowest BCUT2D eigenvalue weighted by atomic mass is 10.1. The number of rotatable bonds is 8. The molecular formula is C26H26Cl2N2O5. The van der Waals surface area contributed by atoms with E-state index in [1.807, 2.05) is 39.0 Å². The monoisotopic (exact) mass is 516 g/mol. The molecule has 0 fully saturated rings. The zero-order valence-corrected chi connectivity index (χ0v) is 21.3. The maximum atomic E-state index is 12.9. The summed E-state index contributed by atoms with van der Waals surface area (Å²) in [7, 11) is 1.36. The maximum absolute atomic E-state index is 12.9. The predicted octanol–water partition coefficient (Wildman–Crippen LogP) is 6.37. The highest BCUT2D eigenvalue weighted by Gasteiger charge is 2.21. The molecule has 0 saturated heterocycles. The first kappa shape index (κ1) is 26.2. The molecule has 35 heavy (non-hydrogen) atoms. The molecule has 7 nitrogen and oxygen atoms in total. The molecular weight excluding hydrogens is 491 g/mol. The van der Waals surface area contributed by atoms with Crippen LogP contribution in [0.2, 0.25) is 10.0 Å². The second kappa shape index (κ2) is 11.3. The standard InChI is InChI=1S/C26H26Cl2N2O5/c1-5-20(35-21-10-9-14(2)11-15(21)3)26(33)29-17-8-6-7-16(12-17)25(32)30-19-13-18(27)24(34-4)22(28)23(19)31/h6-13,20,31H,5H2,1-4H3,(H,29,33)(H,30,32). The zero-order valence-electron chi connectivity index (χ0n) is 19.7. The van der Waals surface area contributed by atoms with E-state index in [0.29, 0.717) is 17.9 Å². The highest BCUT2D eigenvalue weighted by Crippen LogP contribution is 2.44. The first-order valence-electron chi connectivity index (χ1n) is 10.9. The Morgan fingerprint density at radius 1 is 1.06 bits per heavy atom. The van der Waals surface area contributed by atoms with Gasteiger partial charge in [-0.15, -0.1) is 0 Å². The SMILES string of the molecule is CCC(Oc1ccc(C)cc1C)C(=O)Nc1cccc(C(=O)Nc2cc(Cl)c(OC)c(Cl)c2O)c1. The van der Waals surface area contributed by atoms with E-state index >= 15 is 0 Å². The molecule has 3 aromatic carbocycles. The maximum Gasteiger partial charge on any atom is 0.265 e. The van der Waals surface area contributed by atoms with Crippen LogP contribution in [0, 0.1) is 13.8 Å². The first-order valence-corrected chi connectivity index (χ1v) is 11.6. The lowest BCUT2D eigenvalue weighted by Crippen LogP contribution is -2.32. The highest BCUT2D eigenvalue weighted by atomic mass is 35.5. The largest absolute Gasteiger partial charge is 0.504 e. The minimum atomic E-state index is -0.714. The Balaban J connectivity index is 1.73. The van der Waals surface area contributed by atoms with Crippen LogP contribution in [0.4, 0.5) is 11.4 Å². The molecule has 0 saturated carbocycles. The fourth-order valence-electron chi connectivity index (χ4n) is 3.44. The number of phenols is 1. The summed E-state index contributed by atoms with van der Waals surface area (Å²) in [5.74, 6) is -0.506. The summed E-state index contributed by atoms with van der Waals surface area (Å²) in [6.45, 7) is 5.77. The van der Waals surface area contributed by atoms with Gasteiger partial charge in [0.25, 0.3) is 11.8 Å². The Morgan fingerprint density at radius 3 is 2.46 bits per heavy atom. The second-order valence-corrected chi connectivity index (χ2v) is 8.69. The van der Waals surface area contributed by atoms with E-state index in [1.54, 1.807) is 18.2 Å². The smallest absolute Gasteiger partial charge is 0.265 e. The first-order chi connectivity index (χ1) is 16.6. The highest BCUT2D eigenvalue weighted by molar-refractivity contribution is 6.39. The predicted molar refractivity (Wildman–Crippen MR) is 138 cm³/mol. The third-order valence-electron chi connectivity index (χ3n) is 5.26. The number of benzene rings is 3. The van der Waals surface area contributed by atoms with Crippen molar-refractivity contribution in [3.8, 4) is 17.2 Å². The average Bonchev–Trinajstić information content (AvgIpc) is 2.82. The molecule has 0 aliphatic rings. The van der Waals surface area contributed by atoms with Crippen LogP contribution in [0.3, 0.4) is 0 Å². The molecule has 3 aromatic rings. The molecule has 0 radical (unpaired) electrons. The van der Waals surface area contributed by atoms with Gasteiger partial charge >= 0.3 is 0 Å². The van der Waals surface area contributed by atoms with Gasteiger partial charge in [-0.25, -0.2) is 0 Å². The number of hydrogen-bond acceptors (Lipinski definition) is 5. The van der Waals surface area contributed by atoms with Crippen molar-refractivity contribution < 1.29 is 24.2 Å². The van der Waals surface area contributed by atoms with E-state index < -0.39 is 12.0 Å². The van der Waals surface area contributed by atoms with Gasteiger partial charge in [-0.1, -0.05) is 53.9 Å². The van der Waals surface area contributed by atoms with Crippen molar-refractivity contribution >= 4 is 46.4 Å². The van der Waals surface area contributed by atoms with E-state index in [0.717, 1.165) is 11.1 Å². The van der Waals surface area contributed by atoms with Gasteiger partial charge < -0.3 is 25.2 Å². The Hall–Kier alpha value is -3.42. The van der Waals surface area contributed by atoms with Gasteiger partial charge in [0, 0.05) is 11.3 Å². The van der Waals surface area contributed by atoms with E-state index in [2.05, 4.69) is 10.6 Å². The number of carbonyl (C=O) groups excluding carboxylic acids is 2. The molecule has 3 N–H and O–H groups in total. The summed E-state index contributed by atoms with van der Waals surface area (Å²) >= 11 is 12.2. The van der Waals surface area contributed by atoms with Crippen LogP contribution in [0.15, 0.2) is 48.5 Å². The molecule has 3 rings (SSSR count). The number of hydrogen-bond donors (Lipinski definition) is 3.